The highest BCUT2D eigenvalue weighted by molar-refractivity contribution is 5.81. The highest BCUT2D eigenvalue weighted by Gasteiger charge is 2.30. The number of rotatable bonds is 5. The molecule has 1 N–H and O–H groups in total. The molecule has 0 spiro atoms. The summed E-state index contributed by atoms with van der Waals surface area (Å²) in [6.45, 7) is 2.09. The standard InChI is InChI=1S/C18H20N8O2/c27-17-16(19-6-7-20-17)24-8-10-25(11-9-24)18(28)15(26-13-21-22-23-26)12-14-4-2-1-3-5-14/h1-7,13,15H,8-12H2,(H,20,27)/t15-/m0/s1. The van der Waals surface area contributed by atoms with Crippen molar-refractivity contribution in [2.24, 2.45) is 0 Å². The van der Waals surface area contributed by atoms with Gasteiger partial charge in [0.1, 0.15) is 12.4 Å². The van der Waals surface area contributed by atoms with Gasteiger partial charge in [-0.3, -0.25) is 9.59 Å². The number of aromatic nitrogens is 6. The predicted octanol–water partition coefficient (Wildman–Crippen LogP) is -0.111. The van der Waals surface area contributed by atoms with Crippen LogP contribution in [0.1, 0.15) is 11.6 Å². The van der Waals surface area contributed by atoms with Crippen LogP contribution >= 0.6 is 0 Å². The van der Waals surface area contributed by atoms with E-state index in [4.69, 9.17) is 0 Å². The van der Waals surface area contributed by atoms with Gasteiger partial charge < -0.3 is 14.8 Å². The first kappa shape index (κ1) is 17.8. The minimum absolute atomic E-state index is 0.0364. The van der Waals surface area contributed by atoms with Crippen LogP contribution in [0, 0.1) is 0 Å². The maximum atomic E-state index is 13.2. The minimum Gasteiger partial charge on any atom is -0.348 e. The summed E-state index contributed by atoms with van der Waals surface area (Å²) in [4.78, 5) is 35.6. The molecule has 3 aromatic rings. The maximum absolute atomic E-state index is 13.2. The van der Waals surface area contributed by atoms with E-state index >= 15 is 0 Å². The Labute approximate surface area is 160 Å². The molecule has 10 nitrogen and oxygen atoms in total. The summed E-state index contributed by atoms with van der Waals surface area (Å²) in [7, 11) is 0. The highest BCUT2D eigenvalue weighted by atomic mass is 16.2. The summed E-state index contributed by atoms with van der Waals surface area (Å²) in [5.41, 5.74) is 0.813. The van der Waals surface area contributed by atoms with Gasteiger partial charge in [0, 0.05) is 45.0 Å². The topological polar surface area (TPSA) is 113 Å². The van der Waals surface area contributed by atoms with Gasteiger partial charge in [0.25, 0.3) is 5.56 Å². The summed E-state index contributed by atoms with van der Waals surface area (Å²) in [6, 6.07) is 9.28. The summed E-state index contributed by atoms with van der Waals surface area (Å²) < 4.78 is 1.51. The fraction of sp³-hybridized carbons (Fsp3) is 0.333. The third kappa shape index (κ3) is 3.75. The molecule has 1 aliphatic heterocycles. The number of aromatic amines is 1. The molecule has 2 aromatic heterocycles. The zero-order chi connectivity index (χ0) is 19.3. The monoisotopic (exact) mass is 380 g/mol. The zero-order valence-electron chi connectivity index (χ0n) is 15.2. The van der Waals surface area contributed by atoms with Gasteiger partial charge in [-0.15, -0.1) is 5.10 Å². The Morgan fingerprint density at radius 2 is 1.93 bits per heavy atom. The minimum atomic E-state index is -0.512. The first-order valence-corrected chi connectivity index (χ1v) is 9.06. The lowest BCUT2D eigenvalue weighted by atomic mass is 10.0. The van der Waals surface area contributed by atoms with Crippen molar-refractivity contribution < 1.29 is 4.79 Å². The Hall–Kier alpha value is -3.56. The van der Waals surface area contributed by atoms with Crippen LogP contribution in [0.15, 0.2) is 53.8 Å². The van der Waals surface area contributed by atoms with Crippen LogP contribution < -0.4 is 10.5 Å². The molecule has 0 radical (unpaired) electrons. The Balaban J connectivity index is 1.47. The Morgan fingerprint density at radius 1 is 1.14 bits per heavy atom. The van der Waals surface area contributed by atoms with Crippen LogP contribution in [0.4, 0.5) is 5.82 Å². The fourth-order valence-electron chi connectivity index (χ4n) is 3.36. The van der Waals surface area contributed by atoms with E-state index in [0.29, 0.717) is 38.4 Å². The summed E-state index contributed by atoms with van der Waals surface area (Å²) in [5.74, 6) is 0.349. The molecule has 0 saturated carbocycles. The van der Waals surface area contributed by atoms with Crippen molar-refractivity contribution in [1.29, 1.82) is 0 Å². The first-order chi connectivity index (χ1) is 13.7. The number of tetrazole rings is 1. The number of carbonyl (C=O) groups is 1. The van der Waals surface area contributed by atoms with Crippen LogP contribution in [0.2, 0.25) is 0 Å². The molecular formula is C18H20N8O2. The summed E-state index contributed by atoms with van der Waals surface area (Å²) in [6.07, 6.45) is 5.04. The van der Waals surface area contributed by atoms with Gasteiger partial charge in [0.15, 0.2) is 5.82 Å². The van der Waals surface area contributed by atoms with Crippen molar-refractivity contribution in [2.75, 3.05) is 31.1 Å². The molecule has 144 valence electrons. The molecular weight excluding hydrogens is 360 g/mol. The van der Waals surface area contributed by atoms with E-state index in [2.05, 4.69) is 25.5 Å². The largest absolute Gasteiger partial charge is 0.348 e. The van der Waals surface area contributed by atoms with E-state index in [1.165, 1.54) is 17.2 Å². The molecule has 1 aromatic carbocycles. The smallest absolute Gasteiger partial charge is 0.290 e. The van der Waals surface area contributed by atoms with E-state index in [0.717, 1.165) is 5.56 Å². The van der Waals surface area contributed by atoms with Gasteiger partial charge in [-0.25, -0.2) is 9.67 Å². The van der Waals surface area contributed by atoms with Crippen LogP contribution in [-0.4, -0.2) is 67.2 Å². The number of anilines is 1. The van der Waals surface area contributed by atoms with Crippen molar-refractivity contribution in [3.63, 3.8) is 0 Å². The van der Waals surface area contributed by atoms with Gasteiger partial charge in [-0.1, -0.05) is 30.3 Å². The molecule has 1 aliphatic rings. The zero-order valence-corrected chi connectivity index (χ0v) is 15.2. The second kappa shape index (κ2) is 7.99. The van der Waals surface area contributed by atoms with Crippen molar-refractivity contribution >= 4 is 11.7 Å². The lowest BCUT2D eigenvalue weighted by Crippen LogP contribution is -2.52. The Bertz CT molecular complexity index is 965. The van der Waals surface area contributed by atoms with Crippen molar-refractivity contribution in [1.82, 2.24) is 35.1 Å². The van der Waals surface area contributed by atoms with Gasteiger partial charge in [-0.05, 0) is 16.0 Å². The van der Waals surface area contributed by atoms with E-state index in [1.807, 2.05) is 35.2 Å². The lowest BCUT2D eigenvalue weighted by Gasteiger charge is -2.36. The van der Waals surface area contributed by atoms with Gasteiger partial charge in [-0.2, -0.15) is 0 Å². The van der Waals surface area contributed by atoms with Crippen molar-refractivity contribution in [2.45, 2.75) is 12.5 Å². The Morgan fingerprint density at radius 3 is 2.61 bits per heavy atom. The Kier molecular flexibility index (Phi) is 5.09. The van der Waals surface area contributed by atoms with E-state index in [1.54, 1.807) is 11.1 Å². The number of H-pyrrole nitrogens is 1. The van der Waals surface area contributed by atoms with Crippen molar-refractivity contribution in [3.8, 4) is 0 Å². The SMILES string of the molecule is O=C([C@H](Cc1ccccc1)n1cnnn1)N1CCN(c2ncc[nH]c2=O)CC1. The second-order valence-corrected chi connectivity index (χ2v) is 6.55. The molecule has 1 saturated heterocycles. The fourth-order valence-corrected chi connectivity index (χ4v) is 3.36. The average molecular weight is 380 g/mol. The summed E-state index contributed by atoms with van der Waals surface area (Å²) in [5, 5.41) is 11.3. The molecule has 3 heterocycles. The number of nitrogens with zero attached hydrogens (tertiary/aromatic N) is 7. The molecule has 1 amide bonds. The highest BCUT2D eigenvalue weighted by Crippen LogP contribution is 2.18. The normalized spacial score (nSPS) is 15.4. The number of benzene rings is 1. The van der Waals surface area contributed by atoms with Crippen LogP contribution in [0.25, 0.3) is 0 Å². The molecule has 28 heavy (non-hydrogen) atoms. The molecule has 10 heteroatoms. The van der Waals surface area contributed by atoms with Gasteiger partial charge in [0.2, 0.25) is 5.91 Å². The number of nitrogens with one attached hydrogen (secondary N) is 1. The quantitative estimate of drug-likeness (QED) is 0.657. The van der Waals surface area contributed by atoms with Crippen molar-refractivity contribution in [3.05, 3.63) is 65.0 Å². The second-order valence-electron chi connectivity index (χ2n) is 6.55. The van der Waals surface area contributed by atoms with Crippen LogP contribution in [0.5, 0.6) is 0 Å². The molecule has 0 aliphatic carbocycles. The number of carbonyl (C=O) groups excluding carboxylic acids is 1. The first-order valence-electron chi connectivity index (χ1n) is 9.06. The summed E-state index contributed by atoms with van der Waals surface area (Å²) >= 11 is 0. The van der Waals surface area contributed by atoms with Crippen LogP contribution in [0.3, 0.4) is 0 Å². The maximum Gasteiger partial charge on any atom is 0.290 e. The molecule has 4 rings (SSSR count). The van der Waals surface area contributed by atoms with Gasteiger partial charge >= 0.3 is 0 Å². The van der Waals surface area contributed by atoms with Crippen LogP contribution in [-0.2, 0) is 11.2 Å². The number of piperazine rings is 1. The van der Waals surface area contributed by atoms with Gasteiger partial charge in [0.05, 0.1) is 0 Å². The lowest BCUT2D eigenvalue weighted by molar-refractivity contribution is -0.135. The molecule has 0 bridgehead atoms. The third-order valence-electron chi connectivity index (χ3n) is 4.82. The van der Waals surface area contributed by atoms with E-state index in [9.17, 15) is 9.59 Å². The average Bonchev–Trinajstić information content (AvgIpc) is 3.27. The third-order valence-corrected chi connectivity index (χ3v) is 4.82. The number of hydrogen-bond acceptors (Lipinski definition) is 7. The van der Waals surface area contributed by atoms with E-state index in [-0.39, 0.29) is 11.5 Å². The molecule has 1 fully saturated rings. The number of amides is 1. The molecule has 1 atom stereocenters. The van der Waals surface area contributed by atoms with E-state index < -0.39 is 6.04 Å². The molecule has 0 unspecified atom stereocenters. The number of hydrogen-bond donors (Lipinski definition) is 1. The predicted molar refractivity (Wildman–Crippen MR) is 101 cm³/mol.